The van der Waals surface area contributed by atoms with Crippen molar-refractivity contribution < 1.29 is 14.6 Å². The summed E-state index contributed by atoms with van der Waals surface area (Å²) in [5.41, 5.74) is 0. The molecule has 0 aromatic heterocycles. The van der Waals surface area contributed by atoms with Gasteiger partial charge < -0.3 is 9.76 Å². The predicted molar refractivity (Wildman–Crippen MR) is 26.3 cm³/mol. The number of carbonyl (C=O) groups is 1. The highest BCUT2D eigenvalue weighted by Gasteiger charge is 2.04. The lowest BCUT2D eigenvalue weighted by molar-refractivity contribution is -0.142. The number of hydrogen-bond acceptors (Lipinski definition) is 3. The molecule has 1 N–H and O–H groups in total. The van der Waals surface area contributed by atoms with Crippen LogP contribution in [0.4, 0.5) is 0 Å². The molecule has 3 nitrogen and oxygen atoms in total. The minimum absolute atomic E-state index is 0.597. The molecule has 0 aliphatic heterocycles. The fraction of sp³-hybridized carbons (Fsp3) is 0.667. The first-order valence-corrected chi connectivity index (χ1v) is 1.94. The molecule has 0 saturated carbocycles. The van der Waals surface area contributed by atoms with Crippen LogP contribution in [0, 0.1) is 0 Å². The molecule has 0 fully saturated rings. The van der Waals surface area contributed by atoms with Gasteiger partial charge in [0.15, 0.2) is 0 Å². The van der Waals surface area contributed by atoms with Crippen molar-refractivity contribution in [3.05, 3.63) is 0 Å². The van der Waals surface area contributed by atoms with E-state index in [0.29, 0.717) is 0 Å². The lowest BCUT2D eigenvalue weighted by Crippen LogP contribution is -2.17. The maximum Gasteiger partial charge on any atom is 0.326 e. The van der Waals surface area contributed by atoms with Crippen LogP contribution in [0.1, 0.15) is 6.92 Å². The van der Waals surface area contributed by atoms with Crippen molar-refractivity contribution in [2.24, 2.45) is 0 Å². The van der Waals surface area contributed by atoms with Crippen LogP contribution in [0.15, 0.2) is 0 Å². The molecule has 40 valence electrons. The van der Waals surface area contributed by atoms with Crippen molar-refractivity contribution in [3.63, 3.8) is 0 Å². The summed E-state index contributed by atoms with van der Waals surface area (Å²) in [6.07, 6.45) is -0.995. The third-order valence-electron chi connectivity index (χ3n) is 0.542. The molecule has 4 heteroatoms. The van der Waals surface area contributed by atoms with E-state index in [2.05, 4.69) is 4.65 Å². The van der Waals surface area contributed by atoms with Crippen molar-refractivity contribution in [2.75, 3.05) is 0 Å². The summed E-state index contributed by atoms with van der Waals surface area (Å²) >= 11 is 0. The summed E-state index contributed by atoms with van der Waals surface area (Å²) in [6, 6.07) is 0. The van der Waals surface area contributed by atoms with E-state index in [1.54, 1.807) is 0 Å². The van der Waals surface area contributed by atoms with Gasteiger partial charge in [0, 0.05) is 0 Å². The van der Waals surface area contributed by atoms with E-state index < -0.39 is 12.1 Å². The van der Waals surface area contributed by atoms with E-state index >= 15 is 0 Å². The molecule has 7 heavy (non-hydrogen) atoms. The summed E-state index contributed by atoms with van der Waals surface area (Å²) < 4.78 is 4.12. The first-order valence-electron chi connectivity index (χ1n) is 1.94. The fourth-order valence-electron chi connectivity index (χ4n) is 0.171. The molecule has 0 bridgehead atoms. The fourth-order valence-corrected chi connectivity index (χ4v) is 0.171. The highest BCUT2D eigenvalue weighted by atomic mass is 16.5. The molecule has 0 heterocycles. The smallest absolute Gasteiger partial charge is 0.326 e. The topological polar surface area (TPSA) is 46.5 Å². The standard InChI is InChI=1S/C3H7BO3/c1-2(5)3(6)7-4/h2,5H,4H2,1H3. The van der Waals surface area contributed by atoms with E-state index in [1.807, 2.05) is 0 Å². The van der Waals surface area contributed by atoms with E-state index in [4.69, 9.17) is 5.11 Å². The minimum atomic E-state index is -0.995. The number of aliphatic hydroxyl groups is 1. The predicted octanol–water partition coefficient (Wildman–Crippen LogP) is -1.54. The van der Waals surface area contributed by atoms with Crippen molar-refractivity contribution in [2.45, 2.75) is 13.0 Å². The molecule has 0 spiro atoms. The second-order valence-electron chi connectivity index (χ2n) is 1.20. The van der Waals surface area contributed by atoms with Crippen LogP contribution in [-0.4, -0.2) is 25.2 Å². The lowest BCUT2D eigenvalue weighted by atomic mass is 10.4. The van der Waals surface area contributed by atoms with E-state index in [0.717, 1.165) is 0 Å². The van der Waals surface area contributed by atoms with Crippen LogP contribution in [0.3, 0.4) is 0 Å². The minimum Gasteiger partial charge on any atom is -0.542 e. The second-order valence-corrected chi connectivity index (χ2v) is 1.20. The average molecular weight is 102 g/mol. The van der Waals surface area contributed by atoms with Crippen LogP contribution in [0.2, 0.25) is 0 Å². The van der Waals surface area contributed by atoms with Crippen LogP contribution >= 0.6 is 0 Å². The van der Waals surface area contributed by atoms with Crippen molar-refractivity contribution in [1.82, 2.24) is 0 Å². The van der Waals surface area contributed by atoms with Gasteiger partial charge in [0.1, 0.15) is 6.10 Å². The highest BCUT2D eigenvalue weighted by Crippen LogP contribution is 1.80. The normalized spacial score (nSPS) is 12.9. The molecule has 0 aromatic carbocycles. The SMILES string of the molecule is BOC(=O)C(C)O. The Hall–Kier alpha value is -0.505. The van der Waals surface area contributed by atoms with E-state index in [9.17, 15) is 4.79 Å². The van der Waals surface area contributed by atoms with E-state index in [1.165, 1.54) is 15.0 Å². The Kier molecular flexibility index (Phi) is 2.44. The quantitative estimate of drug-likeness (QED) is 0.408. The molecular weight excluding hydrogens is 94.8 g/mol. The molecule has 0 aromatic rings. The molecule has 1 unspecified atom stereocenters. The molecule has 0 amide bonds. The van der Waals surface area contributed by atoms with Crippen molar-refractivity contribution in [1.29, 1.82) is 0 Å². The first kappa shape index (κ1) is 6.49. The average Bonchev–Trinajstić information content (AvgIpc) is 1.65. The van der Waals surface area contributed by atoms with Gasteiger partial charge >= 0.3 is 14.0 Å². The number of aliphatic hydroxyl groups excluding tert-OH is 1. The summed E-state index contributed by atoms with van der Waals surface area (Å²) in [5, 5.41) is 8.35. The molecular formula is C3H7BO3. The molecule has 0 saturated heterocycles. The van der Waals surface area contributed by atoms with Crippen LogP contribution in [-0.2, 0) is 9.45 Å². The van der Waals surface area contributed by atoms with Gasteiger partial charge in [0.2, 0.25) is 0 Å². The lowest BCUT2D eigenvalue weighted by Gasteiger charge is -1.98. The molecule has 0 rings (SSSR count). The van der Waals surface area contributed by atoms with Gasteiger partial charge in [0.05, 0.1) is 0 Å². The third-order valence-corrected chi connectivity index (χ3v) is 0.542. The van der Waals surface area contributed by atoms with Gasteiger partial charge in [-0.05, 0) is 6.92 Å². The van der Waals surface area contributed by atoms with Gasteiger partial charge in [-0.25, -0.2) is 0 Å². The Balaban J connectivity index is 3.35. The van der Waals surface area contributed by atoms with Gasteiger partial charge in [-0.15, -0.1) is 0 Å². The van der Waals surface area contributed by atoms with Crippen LogP contribution < -0.4 is 0 Å². The van der Waals surface area contributed by atoms with Gasteiger partial charge in [-0.1, -0.05) is 0 Å². The van der Waals surface area contributed by atoms with Crippen LogP contribution in [0.25, 0.3) is 0 Å². The summed E-state index contributed by atoms with van der Waals surface area (Å²) in [5.74, 6) is -0.597. The molecule has 1 atom stereocenters. The zero-order chi connectivity index (χ0) is 5.86. The zero-order valence-corrected chi connectivity index (χ0v) is 4.34. The Morgan fingerprint density at radius 3 is 2.43 bits per heavy atom. The number of carbonyl (C=O) groups excluding carboxylic acids is 1. The highest BCUT2D eigenvalue weighted by molar-refractivity contribution is 6.06. The zero-order valence-electron chi connectivity index (χ0n) is 4.34. The number of hydrogen-bond donors (Lipinski definition) is 1. The Labute approximate surface area is 42.7 Å². The Morgan fingerprint density at radius 1 is 2.00 bits per heavy atom. The summed E-state index contributed by atoms with van der Waals surface area (Å²) in [4.78, 5) is 10.0. The Bertz CT molecular complexity index is 70.6. The van der Waals surface area contributed by atoms with Crippen molar-refractivity contribution in [3.8, 4) is 0 Å². The summed E-state index contributed by atoms with van der Waals surface area (Å²) in [7, 11) is 1.23. The number of rotatable bonds is 1. The largest absolute Gasteiger partial charge is 0.542 e. The maximum absolute atomic E-state index is 10.0. The Morgan fingerprint density at radius 2 is 2.43 bits per heavy atom. The van der Waals surface area contributed by atoms with Crippen molar-refractivity contribution >= 4 is 14.0 Å². The first-order chi connectivity index (χ1) is 3.18. The van der Waals surface area contributed by atoms with Gasteiger partial charge in [-0.3, -0.25) is 4.79 Å². The monoisotopic (exact) mass is 102 g/mol. The van der Waals surface area contributed by atoms with Gasteiger partial charge in [-0.2, -0.15) is 0 Å². The molecule has 0 aliphatic rings. The summed E-state index contributed by atoms with van der Waals surface area (Å²) in [6.45, 7) is 1.35. The maximum atomic E-state index is 10.0. The van der Waals surface area contributed by atoms with Crippen LogP contribution in [0.5, 0.6) is 0 Å². The van der Waals surface area contributed by atoms with E-state index in [-0.39, 0.29) is 0 Å². The second kappa shape index (κ2) is 2.63. The third kappa shape index (κ3) is 2.22. The molecule has 0 radical (unpaired) electrons. The molecule has 0 aliphatic carbocycles. The van der Waals surface area contributed by atoms with Gasteiger partial charge in [0.25, 0.3) is 0 Å².